The van der Waals surface area contributed by atoms with Crippen molar-refractivity contribution in [3.63, 3.8) is 0 Å². The fourth-order valence-electron chi connectivity index (χ4n) is 8.45. The predicted octanol–water partition coefficient (Wildman–Crippen LogP) is 11.9. The van der Waals surface area contributed by atoms with Crippen LogP contribution in [0.25, 0.3) is 54.9 Å². The second-order valence-electron chi connectivity index (χ2n) is 12.8. The number of fused-ring (bicyclic) bond motifs is 5. The molecule has 0 saturated carbocycles. The molecule has 2 aliphatic carbocycles. The summed E-state index contributed by atoms with van der Waals surface area (Å²) in [7, 11) is 0. The normalized spacial score (nSPS) is 16.1. The molecule has 0 nitrogen and oxygen atoms in total. The van der Waals surface area contributed by atoms with Gasteiger partial charge in [-0.1, -0.05) is 176 Å². The number of rotatable bonds is 4. The van der Waals surface area contributed by atoms with Crippen molar-refractivity contribution >= 4 is 32.7 Å². The molecule has 1 atom stereocenters. The lowest BCUT2D eigenvalue weighted by molar-refractivity contribution is 0.816. The van der Waals surface area contributed by atoms with E-state index >= 15 is 0 Å². The summed E-state index contributed by atoms with van der Waals surface area (Å²) in [4.78, 5) is 0. The Morgan fingerprint density at radius 1 is 0.319 bits per heavy atom. The highest BCUT2D eigenvalue weighted by atomic mass is 14.5. The van der Waals surface area contributed by atoms with E-state index in [2.05, 4.69) is 182 Å². The third-order valence-electron chi connectivity index (χ3n) is 10.5. The molecule has 0 heterocycles. The van der Waals surface area contributed by atoms with Gasteiger partial charge in [-0.25, -0.2) is 0 Å². The minimum absolute atomic E-state index is 0.432. The van der Waals surface area contributed by atoms with Gasteiger partial charge < -0.3 is 0 Å². The predicted molar refractivity (Wildman–Crippen MR) is 197 cm³/mol. The van der Waals surface area contributed by atoms with Crippen LogP contribution in [0.1, 0.15) is 33.4 Å². The molecule has 0 N–H and O–H groups in total. The Hall–Kier alpha value is -5.98. The van der Waals surface area contributed by atoms with Crippen LogP contribution >= 0.6 is 0 Å². The molecule has 218 valence electrons. The smallest absolute Gasteiger partial charge is 0.0622 e. The van der Waals surface area contributed by atoms with E-state index in [1.54, 1.807) is 0 Å². The molecule has 1 unspecified atom stereocenters. The van der Waals surface area contributed by atoms with Gasteiger partial charge in [-0.05, 0) is 94.4 Å². The van der Waals surface area contributed by atoms with Crippen LogP contribution in [-0.2, 0) is 5.41 Å². The van der Waals surface area contributed by atoms with Crippen LogP contribution in [0, 0.1) is 0 Å². The summed E-state index contributed by atoms with van der Waals surface area (Å²) in [6.07, 6.45) is 0. The van der Waals surface area contributed by atoms with Crippen LogP contribution in [0.2, 0.25) is 0 Å². The van der Waals surface area contributed by atoms with Crippen molar-refractivity contribution in [2.24, 2.45) is 0 Å². The monoisotopic (exact) mass is 594 g/mol. The zero-order valence-electron chi connectivity index (χ0n) is 25.8. The topological polar surface area (TPSA) is 0 Å². The van der Waals surface area contributed by atoms with Crippen LogP contribution in [0.3, 0.4) is 0 Å². The zero-order valence-corrected chi connectivity index (χ0v) is 25.8. The summed E-state index contributed by atoms with van der Waals surface area (Å²) in [6, 6.07) is 67.4. The highest BCUT2D eigenvalue weighted by Crippen LogP contribution is 2.63. The van der Waals surface area contributed by atoms with E-state index in [4.69, 9.17) is 0 Å². The quantitative estimate of drug-likeness (QED) is 0.190. The minimum Gasteiger partial charge on any atom is -0.0622 e. The Kier molecular flexibility index (Phi) is 5.59. The second kappa shape index (κ2) is 10.0. The molecular weight excluding hydrogens is 565 g/mol. The van der Waals surface area contributed by atoms with Crippen molar-refractivity contribution in [3.8, 4) is 22.3 Å². The maximum absolute atomic E-state index is 2.37. The van der Waals surface area contributed by atoms with E-state index in [0.29, 0.717) is 0 Å². The maximum atomic E-state index is 2.37. The number of benzene rings is 8. The van der Waals surface area contributed by atoms with E-state index in [1.165, 1.54) is 88.3 Å². The zero-order chi connectivity index (χ0) is 31.0. The van der Waals surface area contributed by atoms with Gasteiger partial charge in [0.1, 0.15) is 0 Å². The average Bonchev–Trinajstić information content (AvgIpc) is 3.65. The van der Waals surface area contributed by atoms with Crippen LogP contribution in [0.4, 0.5) is 0 Å². The first kappa shape index (κ1) is 26.3. The molecule has 0 spiro atoms. The first-order chi connectivity index (χ1) is 23.3. The third-order valence-corrected chi connectivity index (χ3v) is 10.5. The molecule has 0 saturated heterocycles. The fraction of sp³-hybridized carbons (Fsp3) is 0.0213. The van der Waals surface area contributed by atoms with Crippen LogP contribution in [0.5, 0.6) is 0 Å². The molecular formula is C47H30. The summed E-state index contributed by atoms with van der Waals surface area (Å²) < 4.78 is 0. The lowest BCUT2D eigenvalue weighted by Crippen LogP contribution is -2.29. The summed E-state index contributed by atoms with van der Waals surface area (Å²) in [6.45, 7) is 0. The lowest BCUT2D eigenvalue weighted by atomic mass is 9.65. The van der Waals surface area contributed by atoms with E-state index in [0.717, 1.165) is 0 Å². The summed E-state index contributed by atoms with van der Waals surface area (Å²) >= 11 is 0. The molecule has 0 bridgehead atoms. The van der Waals surface area contributed by atoms with E-state index < -0.39 is 5.41 Å². The highest BCUT2D eigenvalue weighted by molar-refractivity contribution is 6.23. The van der Waals surface area contributed by atoms with Crippen LogP contribution in [-0.4, -0.2) is 0 Å². The number of allylic oxidation sites excluding steroid dienone is 1. The highest BCUT2D eigenvalue weighted by Gasteiger charge is 2.51. The van der Waals surface area contributed by atoms with Gasteiger partial charge in [0.2, 0.25) is 0 Å². The van der Waals surface area contributed by atoms with Gasteiger partial charge in [0, 0.05) is 0 Å². The summed E-state index contributed by atoms with van der Waals surface area (Å²) in [5.74, 6) is 0. The van der Waals surface area contributed by atoms with Gasteiger partial charge in [0.25, 0.3) is 0 Å². The summed E-state index contributed by atoms with van der Waals surface area (Å²) in [5.41, 5.74) is 15.3. The largest absolute Gasteiger partial charge is 0.0719 e. The maximum Gasteiger partial charge on any atom is 0.0719 e. The van der Waals surface area contributed by atoms with Crippen molar-refractivity contribution in [2.45, 2.75) is 5.41 Å². The Morgan fingerprint density at radius 3 is 1.62 bits per heavy atom. The van der Waals surface area contributed by atoms with Gasteiger partial charge >= 0.3 is 0 Å². The molecule has 8 aromatic rings. The van der Waals surface area contributed by atoms with Crippen LogP contribution in [0.15, 0.2) is 182 Å². The van der Waals surface area contributed by atoms with Crippen molar-refractivity contribution in [1.29, 1.82) is 0 Å². The Balaban J connectivity index is 1.12. The summed E-state index contributed by atoms with van der Waals surface area (Å²) in [5, 5.41) is 5.21. The van der Waals surface area contributed by atoms with Crippen LogP contribution < -0.4 is 0 Å². The Morgan fingerprint density at radius 2 is 0.851 bits per heavy atom. The SMILES string of the molecule is c1ccc(C2(c3ccc(-c4ccc(-c5ccc6ccccc6c5)cc4)cc3)C3=C(c4ccccc42)c2cccc4cccc3c24)cc1. The molecule has 8 aromatic carbocycles. The second-order valence-corrected chi connectivity index (χ2v) is 12.8. The van der Waals surface area contributed by atoms with Crippen molar-refractivity contribution < 1.29 is 0 Å². The van der Waals surface area contributed by atoms with E-state index in [-0.39, 0.29) is 0 Å². The Bertz CT molecular complexity index is 2530. The lowest BCUT2D eigenvalue weighted by Gasteiger charge is -2.36. The van der Waals surface area contributed by atoms with Crippen molar-refractivity contribution in [3.05, 3.63) is 215 Å². The van der Waals surface area contributed by atoms with Crippen molar-refractivity contribution in [1.82, 2.24) is 0 Å². The molecule has 0 aliphatic heterocycles. The van der Waals surface area contributed by atoms with Gasteiger partial charge in [-0.3, -0.25) is 0 Å². The van der Waals surface area contributed by atoms with Gasteiger partial charge in [-0.2, -0.15) is 0 Å². The first-order valence-electron chi connectivity index (χ1n) is 16.4. The third kappa shape index (κ3) is 3.70. The van der Waals surface area contributed by atoms with Crippen molar-refractivity contribution in [2.75, 3.05) is 0 Å². The molecule has 0 aromatic heterocycles. The molecule has 0 amide bonds. The molecule has 0 radical (unpaired) electrons. The van der Waals surface area contributed by atoms with E-state index in [1.807, 2.05) is 0 Å². The molecule has 0 fully saturated rings. The van der Waals surface area contributed by atoms with Gasteiger partial charge in [0.15, 0.2) is 0 Å². The number of hydrogen-bond acceptors (Lipinski definition) is 0. The Labute approximate surface area is 274 Å². The molecule has 2 aliphatic rings. The van der Waals surface area contributed by atoms with E-state index in [9.17, 15) is 0 Å². The molecule has 0 heteroatoms. The van der Waals surface area contributed by atoms with Gasteiger partial charge in [0.05, 0.1) is 5.41 Å². The molecule has 10 rings (SSSR count). The van der Waals surface area contributed by atoms with Gasteiger partial charge in [-0.15, -0.1) is 0 Å². The average molecular weight is 595 g/mol. The fourth-order valence-corrected chi connectivity index (χ4v) is 8.45. The standard InChI is InChI=1S/C47H30/c1-2-14-38(15-3-1)47(43-19-7-6-16-40(43)45-41-17-8-12-35-13-9-18-42(44(35)41)46(45)47)39-28-26-33(27-29-39)32-20-22-34(23-21-32)37-25-24-31-10-4-5-11-36(31)30-37/h1-30H. The number of hydrogen-bond donors (Lipinski definition) is 0. The molecule has 47 heavy (non-hydrogen) atoms. The first-order valence-corrected chi connectivity index (χ1v) is 16.4. The minimum atomic E-state index is -0.432.